The molecule has 0 spiro atoms. The van der Waals surface area contributed by atoms with E-state index >= 15 is 0 Å². The van der Waals surface area contributed by atoms with E-state index in [-0.39, 0.29) is 0 Å². The minimum absolute atomic E-state index is 0.323. The fourth-order valence-corrected chi connectivity index (χ4v) is 5.74. The monoisotopic (exact) mass is 304 g/mol. The van der Waals surface area contributed by atoms with Crippen LogP contribution >= 0.6 is 7.06 Å². The van der Waals surface area contributed by atoms with Crippen molar-refractivity contribution < 1.29 is 9.79 Å². The quantitative estimate of drug-likeness (QED) is 0.843. The van der Waals surface area contributed by atoms with Crippen LogP contribution in [0.25, 0.3) is 0 Å². The Labute approximate surface area is 127 Å². The second kappa shape index (κ2) is 5.53. The van der Waals surface area contributed by atoms with Crippen LogP contribution in [0.1, 0.15) is 29.2 Å². The van der Waals surface area contributed by atoms with Gasteiger partial charge >= 0.3 is 127 Å². The molecular weight excluding hydrogens is 279 g/mol. The van der Waals surface area contributed by atoms with Crippen LogP contribution in [0.2, 0.25) is 0 Å². The summed E-state index contributed by atoms with van der Waals surface area (Å²) >= 11 is 0. The van der Waals surface area contributed by atoms with Crippen molar-refractivity contribution in [2.24, 2.45) is 0 Å². The van der Waals surface area contributed by atoms with Crippen LogP contribution in [0.5, 0.6) is 0 Å². The molecule has 0 radical (unpaired) electrons. The Morgan fingerprint density at radius 3 is 1.90 bits per heavy atom. The summed E-state index contributed by atoms with van der Waals surface area (Å²) in [6, 6.07) is 13.5. The Hall–Kier alpha value is -1.21. The molecule has 2 aromatic carbocycles. The van der Waals surface area contributed by atoms with Gasteiger partial charge in [-0.3, -0.25) is 0 Å². The summed E-state index contributed by atoms with van der Waals surface area (Å²) in [5.74, 6) is 0. The SMILES string of the molecule is CCP(O)(O)(Cc1c(C)cc(C)cc1C)c1ccccc1. The van der Waals surface area contributed by atoms with Gasteiger partial charge in [0, 0.05) is 0 Å². The van der Waals surface area contributed by atoms with Crippen molar-refractivity contribution in [1.82, 2.24) is 0 Å². The first-order valence-electron chi connectivity index (χ1n) is 7.38. The summed E-state index contributed by atoms with van der Waals surface area (Å²) in [7, 11) is -3.91. The van der Waals surface area contributed by atoms with Crippen LogP contribution in [0.4, 0.5) is 0 Å². The molecule has 0 aliphatic heterocycles. The van der Waals surface area contributed by atoms with Gasteiger partial charge in [0.25, 0.3) is 0 Å². The van der Waals surface area contributed by atoms with Crippen molar-refractivity contribution in [3.05, 3.63) is 64.7 Å². The zero-order valence-corrected chi connectivity index (χ0v) is 14.2. The number of hydrogen-bond acceptors (Lipinski definition) is 2. The molecule has 0 heterocycles. The Morgan fingerprint density at radius 1 is 0.905 bits per heavy atom. The van der Waals surface area contributed by atoms with Gasteiger partial charge in [0.1, 0.15) is 0 Å². The van der Waals surface area contributed by atoms with E-state index in [1.165, 1.54) is 5.56 Å². The molecule has 2 nitrogen and oxygen atoms in total. The molecule has 0 aliphatic carbocycles. The summed E-state index contributed by atoms with van der Waals surface area (Å²) in [5.41, 5.74) is 4.54. The zero-order valence-electron chi connectivity index (χ0n) is 13.3. The van der Waals surface area contributed by atoms with Gasteiger partial charge in [-0.1, -0.05) is 0 Å². The van der Waals surface area contributed by atoms with Crippen molar-refractivity contribution in [3.8, 4) is 0 Å². The van der Waals surface area contributed by atoms with Crippen molar-refractivity contribution >= 4 is 12.4 Å². The van der Waals surface area contributed by atoms with Crippen molar-refractivity contribution in [3.63, 3.8) is 0 Å². The predicted octanol–water partition coefficient (Wildman–Crippen LogP) is 3.83. The molecule has 0 bridgehead atoms. The number of aryl methyl sites for hydroxylation is 3. The predicted molar refractivity (Wildman–Crippen MR) is 92.3 cm³/mol. The van der Waals surface area contributed by atoms with Crippen molar-refractivity contribution in [2.75, 3.05) is 6.16 Å². The van der Waals surface area contributed by atoms with Gasteiger partial charge in [0.15, 0.2) is 0 Å². The molecule has 0 unspecified atom stereocenters. The number of benzene rings is 2. The third-order valence-corrected chi connectivity index (χ3v) is 8.15. The van der Waals surface area contributed by atoms with Gasteiger partial charge in [-0.05, 0) is 0 Å². The molecule has 21 heavy (non-hydrogen) atoms. The van der Waals surface area contributed by atoms with E-state index in [0.29, 0.717) is 17.6 Å². The van der Waals surface area contributed by atoms with Crippen LogP contribution in [0, 0.1) is 20.8 Å². The van der Waals surface area contributed by atoms with Gasteiger partial charge < -0.3 is 0 Å². The summed E-state index contributed by atoms with van der Waals surface area (Å²) < 4.78 is 0. The first-order valence-corrected chi connectivity index (χ1v) is 9.89. The molecular formula is C18H25O2P. The first kappa shape index (κ1) is 16.2. The standard InChI is InChI=1S/C18H25O2P/c1-5-21(19,20,17-9-7-6-8-10-17)13-18-15(3)11-14(2)12-16(18)4/h6-12,19-20H,5,13H2,1-4H3. The second-order valence-electron chi connectivity index (χ2n) is 6.08. The van der Waals surface area contributed by atoms with Gasteiger partial charge in [0.05, 0.1) is 0 Å². The van der Waals surface area contributed by atoms with Gasteiger partial charge in [0.2, 0.25) is 0 Å². The molecule has 114 valence electrons. The van der Waals surface area contributed by atoms with Crippen LogP contribution < -0.4 is 5.30 Å². The molecule has 0 saturated heterocycles. The van der Waals surface area contributed by atoms with Crippen LogP contribution in [-0.2, 0) is 6.16 Å². The zero-order chi connectivity index (χ0) is 15.7. The summed E-state index contributed by atoms with van der Waals surface area (Å²) in [6.45, 7) is 8.03. The van der Waals surface area contributed by atoms with Crippen molar-refractivity contribution in [1.29, 1.82) is 0 Å². The molecule has 3 heteroatoms. The summed E-state index contributed by atoms with van der Waals surface area (Å²) in [4.78, 5) is 22.4. The summed E-state index contributed by atoms with van der Waals surface area (Å²) in [6.07, 6.45) is 0.687. The molecule has 2 aromatic rings. The average molecular weight is 304 g/mol. The molecule has 0 fully saturated rings. The molecule has 2 rings (SSSR count). The van der Waals surface area contributed by atoms with Crippen LogP contribution in [0.3, 0.4) is 0 Å². The average Bonchev–Trinajstić information content (AvgIpc) is 2.44. The fourth-order valence-electron chi connectivity index (χ4n) is 2.95. The van der Waals surface area contributed by atoms with Gasteiger partial charge in [-0.2, -0.15) is 0 Å². The Balaban J connectivity index is 2.53. The Morgan fingerprint density at radius 2 is 1.43 bits per heavy atom. The van der Waals surface area contributed by atoms with E-state index in [9.17, 15) is 9.79 Å². The maximum atomic E-state index is 11.2. The topological polar surface area (TPSA) is 40.5 Å². The van der Waals surface area contributed by atoms with Gasteiger partial charge in [-0.15, -0.1) is 0 Å². The molecule has 2 N–H and O–H groups in total. The fraction of sp³-hybridized carbons (Fsp3) is 0.333. The number of rotatable bonds is 4. The van der Waals surface area contributed by atoms with E-state index < -0.39 is 7.06 Å². The Bertz CT molecular complexity index is 625. The van der Waals surface area contributed by atoms with Gasteiger partial charge in [-0.25, -0.2) is 0 Å². The molecule has 0 aliphatic rings. The molecule has 0 atom stereocenters. The van der Waals surface area contributed by atoms with E-state index in [4.69, 9.17) is 0 Å². The summed E-state index contributed by atoms with van der Waals surface area (Å²) in [5, 5.41) is 0.672. The van der Waals surface area contributed by atoms with E-state index in [0.717, 1.165) is 16.7 Å². The molecule has 0 amide bonds. The Kier molecular flexibility index (Phi) is 4.26. The number of hydrogen-bond donors (Lipinski definition) is 2. The third-order valence-electron chi connectivity index (χ3n) is 4.35. The van der Waals surface area contributed by atoms with Crippen LogP contribution in [-0.4, -0.2) is 15.9 Å². The molecule has 0 aromatic heterocycles. The van der Waals surface area contributed by atoms with Crippen LogP contribution in [0.15, 0.2) is 42.5 Å². The van der Waals surface area contributed by atoms with Crippen molar-refractivity contribution in [2.45, 2.75) is 33.9 Å². The van der Waals surface area contributed by atoms with E-state index in [2.05, 4.69) is 19.1 Å². The third kappa shape index (κ3) is 3.18. The van der Waals surface area contributed by atoms with E-state index in [1.54, 1.807) is 0 Å². The molecule has 0 saturated carbocycles. The normalized spacial score (nSPS) is 13.7. The minimum atomic E-state index is -3.91. The first-order chi connectivity index (χ1) is 9.75. The maximum absolute atomic E-state index is 11.2. The van der Waals surface area contributed by atoms with E-state index in [1.807, 2.05) is 51.1 Å². The second-order valence-corrected chi connectivity index (χ2v) is 10.3.